The van der Waals surface area contributed by atoms with E-state index in [9.17, 15) is 9.59 Å². The molecule has 0 amide bonds. The maximum atomic E-state index is 12.1. The molecule has 31 heavy (non-hydrogen) atoms. The van der Waals surface area contributed by atoms with Gasteiger partial charge in [0.15, 0.2) is 0 Å². The highest BCUT2D eigenvalue weighted by molar-refractivity contribution is 7.99. The lowest BCUT2D eigenvalue weighted by Gasteiger charge is -2.17. The third-order valence-electron chi connectivity index (χ3n) is 5.76. The van der Waals surface area contributed by atoms with E-state index in [4.69, 9.17) is 9.84 Å². The number of ether oxygens (including phenoxy) is 1. The Balaban J connectivity index is 3.83. The van der Waals surface area contributed by atoms with Crippen molar-refractivity contribution >= 4 is 23.7 Å². The number of carbonyl (C=O) groups is 2. The second-order valence-corrected chi connectivity index (χ2v) is 10.1. The summed E-state index contributed by atoms with van der Waals surface area (Å²) in [5, 5.41) is 8.61. The van der Waals surface area contributed by atoms with Crippen molar-refractivity contribution in [3.63, 3.8) is 0 Å². The summed E-state index contributed by atoms with van der Waals surface area (Å²) in [6.07, 6.45) is 19.9. The maximum absolute atomic E-state index is 12.1. The Morgan fingerprint density at radius 2 is 1.23 bits per heavy atom. The van der Waals surface area contributed by atoms with Crippen molar-refractivity contribution in [2.75, 3.05) is 18.1 Å². The predicted octanol–water partition coefficient (Wildman–Crippen LogP) is 8.03. The standard InChI is InChI=1S/C26H50O4S/c1-3-5-7-9-10-12-18-24(17-11-8-6-4-2)23-30-26(29)20-14-16-22-31-21-15-13-19-25(27)28/h24H,3-23H2,1-2H3,(H,27,28). The number of thioether (sulfide) groups is 1. The molecule has 4 nitrogen and oxygen atoms in total. The Hall–Kier alpha value is -0.710. The molecule has 0 radical (unpaired) electrons. The predicted molar refractivity (Wildman–Crippen MR) is 134 cm³/mol. The molecule has 0 rings (SSSR count). The first-order valence-electron chi connectivity index (χ1n) is 13.0. The monoisotopic (exact) mass is 458 g/mol. The smallest absolute Gasteiger partial charge is 0.305 e. The Labute approximate surface area is 196 Å². The summed E-state index contributed by atoms with van der Waals surface area (Å²) in [5.74, 6) is 1.84. The molecule has 0 saturated heterocycles. The third-order valence-corrected chi connectivity index (χ3v) is 6.92. The molecule has 1 N–H and O–H groups in total. The second kappa shape index (κ2) is 23.9. The number of carboxylic acid groups (broad SMARTS) is 1. The number of hydrogen-bond acceptors (Lipinski definition) is 4. The molecule has 1 unspecified atom stereocenters. The van der Waals surface area contributed by atoms with Crippen LogP contribution in [0.1, 0.15) is 129 Å². The highest BCUT2D eigenvalue weighted by Crippen LogP contribution is 2.20. The molecule has 1 atom stereocenters. The van der Waals surface area contributed by atoms with Gasteiger partial charge in [-0.25, -0.2) is 0 Å². The fraction of sp³-hybridized carbons (Fsp3) is 0.923. The lowest BCUT2D eigenvalue weighted by molar-refractivity contribution is -0.145. The summed E-state index contributed by atoms with van der Waals surface area (Å²) in [4.78, 5) is 22.6. The van der Waals surface area contributed by atoms with Crippen LogP contribution >= 0.6 is 11.8 Å². The molecule has 0 spiro atoms. The average molecular weight is 459 g/mol. The summed E-state index contributed by atoms with van der Waals surface area (Å²) in [6.45, 7) is 5.11. The van der Waals surface area contributed by atoms with Crippen LogP contribution in [0.4, 0.5) is 0 Å². The first-order valence-corrected chi connectivity index (χ1v) is 14.2. The van der Waals surface area contributed by atoms with Gasteiger partial charge in [0, 0.05) is 12.8 Å². The molecule has 0 aromatic rings. The van der Waals surface area contributed by atoms with Crippen LogP contribution < -0.4 is 0 Å². The van der Waals surface area contributed by atoms with Gasteiger partial charge in [0.05, 0.1) is 6.61 Å². The molecular formula is C26H50O4S. The van der Waals surface area contributed by atoms with E-state index in [0.29, 0.717) is 18.9 Å². The van der Waals surface area contributed by atoms with Crippen LogP contribution in [-0.4, -0.2) is 35.2 Å². The first-order chi connectivity index (χ1) is 15.1. The van der Waals surface area contributed by atoms with E-state index >= 15 is 0 Å². The Morgan fingerprint density at radius 3 is 1.81 bits per heavy atom. The van der Waals surface area contributed by atoms with Gasteiger partial charge < -0.3 is 9.84 Å². The van der Waals surface area contributed by atoms with Crippen molar-refractivity contribution in [2.45, 2.75) is 129 Å². The first kappa shape index (κ1) is 30.3. The second-order valence-electron chi connectivity index (χ2n) is 8.88. The molecule has 0 aliphatic rings. The van der Waals surface area contributed by atoms with E-state index in [2.05, 4.69) is 13.8 Å². The Kier molecular flexibility index (Phi) is 23.4. The minimum Gasteiger partial charge on any atom is -0.481 e. The minimum absolute atomic E-state index is 0.0343. The quantitative estimate of drug-likeness (QED) is 0.117. The number of carboxylic acids is 1. The topological polar surface area (TPSA) is 63.6 Å². The lowest BCUT2D eigenvalue weighted by Crippen LogP contribution is -2.14. The van der Waals surface area contributed by atoms with Crippen LogP contribution in [0.15, 0.2) is 0 Å². The zero-order valence-electron chi connectivity index (χ0n) is 20.5. The molecule has 0 saturated carbocycles. The molecule has 5 heteroatoms. The van der Waals surface area contributed by atoms with Crippen LogP contribution in [0.3, 0.4) is 0 Å². The van der Waals surface area contributed by atoms with E-state index in [0.717, 1.165) is 37.2 Å². The van der Waals surface area contributed by atoms with E-state index in [1.807, 2.05) is 11.8 Å². The highest BCUT2D eigenvalue weighted by atomic mass is 32.2. The van der Waals surface area contributed by atoms with Crippen LogP contribution in [0.25, 0.3) is 0 Å². The number of aliphatic carboxylic acids is 1. The summed E-state index contributed by atoms with van der Waals surface area (Å²) in [6, 6.07) is 0. The molecule has 0 aromatic heterocycles. The molecule has 184 valence electrons. The van der Waals surface area contributed by atoms with Gasteiger partial charge in [-0.2, -0.15) is 11.8 Å². The minimum atomic E-state index is -0.710. The number of rotatable bonds is 24. The van der Waals surface area contributed by atoms with Gasteiger partial charge in [0.25, 0.3) is 0 Å². The average Bonchev–Trinajstić information content (AvgIpc) is 2.75. The van der Waals surface area contributed by atoms with E-state index < -0.39 is 5.97 Å². The number of carbonyl (C=O) groups excluding carboxylic acids is 1. The van der Waals surface area contributed by atoms with Crippen molar-refractivity contribution in [3.05, 3.63) is 0 Å². The molecule has 0 bridgehead atoms. The third kappa shape index (κ3) is 23.8. The molecule has 0 heterocycles. The van der Waals surface area contributed by atoms with Crippen LogP contribution in [0, 0.1) is 5.92 Å². The number of esters is 1. The Morgan fingerprint density at radius 1 is 0.710 bits per heavy atom. The largest absolute Gasteiger partial charge is 0.481 e. The SMILES string of the molecule is CCCCCCCCC(CCCCCC)COC(=O)CCCCSCCCCC(=O)O. The van der Waals surface area contributed by atoms with Crippen molar-refractivity contribution in [1.82, 2.24) is 0 Å². The van der Waals surface area contributed by atoms with Gasteiger partial charge in [-0.1, -0.05) is 78.1 Å². The van der Waals surface area contributed by atoms with Gasteiger partial charge in [0.2, 0.25) is 0 Å². The normalized spacial score (nSPS) is 12.1. The van der Waals surface area contributed by atoms with Gasteiger partial charge in [-0.15, -0.1) is 0 Å². The van der Waals surface area contributed by atoms with Crippen LogP contribution in [0.5, 0.6) is 0 Å². The van der Waals surface area contributed by atoms with Gasteiger partial charge >= 0.3 is 11.9 Å². The zero-order chi connectivity index (χ0) is 23.0. The summed E-state index contributed by atoms with van der Waals surface area (Å²) in [5.41, 5.74) is 0. The van der Waals surface area contributed by atoms with E-state index in [1.54, 1.807) is 0 Å². The summed E-state index contributed by atoms with van der Waals surface area (Å²) >= 11 is 1.86. The highest BCUT2D eigenvalue weighted by Gasteiger charge is 2.12. The molecule has 0 aliphatic carbocycles. The van der Waals surface area contributed by atoms with Gasteiger partial charge in [-0.3, -0.25) is 9.59 Å². The van der Waals surface area contributed by atoms with Crippen molar-refractivity contribution < 1.29 is 19.4 Å². The van der Waals surface area contributed by atoms with Crippen molar-refractivity contribution in [3.8, 4) is 0 Å². The lowest BCUT2D eigenvalue weighted by atomic mass is 9.95. The molecular weight excluding hydrogens is 408 g/mol. The molecule has 0 fully saturated rings. The number of hydrogen-bond donors (Lipinski definition) is 1. The van der Waals surface area contributed by atoms with Crippen molar-refractivity contribution in [1.29, 1.82) is 0 Å². The van der Waals surface area contributed by atoms with Crippen LogP contribution in [-0.2, 0) is 14.3 Å². The molecule has 0 aliphatic heterocycles. The van der Waals surface area contributed by atoms with E-state index in [-0.39, 0.29) is 12.4 Å². The zero-order valence-corrected chi connectivity index (χ0v) is 21.3. The van der Waals surface area contributed by atoms with Crippen LogP contribution in [0.2, 0.25) is 0 Å². The Bertz CT molecular complexity index is 414. The van der Waals surface area contributed by atoms with E-state index in [1.165, 1.54) is 77.0 Å². The van der Waals surface area contributed by atoms with Crippen molar-refractivity contribution in [2.24, 2.45) is 5.92 Å². The summed E-state index contributed by atoms with van der Waals surface area (Å²) in [7, 11) is 0. The van der Waals surface area contributed by atoms with Gasteiger partial charge in [0.1, 0.15) is 0 Å². The number of unbranched alkanes of at least 4 members (excludes halogenated alkanes) is 10. The fourth-order valence-corrected chi connectivity index (χ4v) is 4.74. The van der Waals surface area contributed by atoms with Gasteiger partial charge in [-0.05, 0) is 55.9 Å². The summed E-state index contributed by atoms with van der Waals surface area (Å²) < 4.78 is 5.64. The maximum Gasteiger partial charge on any atom is 0.305 e. The molecule has 0 aromatic carbocycles. The fourth-order valence-electron chi connectivity index (χ4n) is 3.72.